The van der Waals surface area contributed by atoms with Gasteiger partial charge in [0.05, 0.1) is 6.54 Å². The monoisotopic (exact) mass is 504 g/mol. The van der Waals surface area contributed by atoms with Gasteiger partial charge < -0.3 is 10.6 Å². The van der Waals surface area contributed by atoms with E-state index in [9.17, 15) is 0 Å². The Bertz CT molecular complexity index is 697. The molecule has 0 fully saturated rings. The topological polar surface area (TPSA) is 67.1 Å². The van der Waals surface area contributed by atoms with Crippen molar-refractivity contribution in [2.45, 2.75) is 38.9 Å². The molecule has 2 aromatic rings. The molecule has 0 aliphatic carbocycles. The SMILES string of the molecule is CN=C(NCc1ccc(Br)cc1)NC1CCc2nc(C)nn2C1.I. The molecule has 6 nitrogen and oxygen atoms in total. The maximum absolute atomic E-state index is 4.44. The van der Waals surface area contributed by atoms with E-state index in [1.54, 1.807) is 7.05 Å². The second-order valence-corrected chi connectivity index (χ2v) is 6.61. The Kier molecular flexibility index (Phi) is 7.02. The number of aromatic nitrogens is 3. The van der Waals surface area contributed by atoms with E-state index in [0.29, 0.717) is 6.04 Å². The lowest BCUT2D eigenvalue weighted by atomic mass is 10.1. The number of rotatable bonds is 3. The minimum absolute atomic E-state index is 0. The second-order valence-electron chi connectivity index (χ2n) is 5.69. The molecular weight excluding hydrogens is 483 g/mol. The molecule has 3 rings (SSSR count). The van der Waals surface area contributed by atoms with Gasteiger partial charge >= 0.3 is 0 Å². The minimum atomic E-state index is 0. The highest BCUT2D eigenvalue weighted by atomic mass is 127. The molecule has 24 heavy (non-hydrogen) atoms. The van der Waals surface area contributed by atoms with Crippen LogP contribution in [0.1, 0.15) is 23.6 Å². The molecule has 2 heterocycles. The molecule has 1 unspecified atom stereocenters. The molecule has 0 saturated heterocycles. The van der Waals surface area contributed by atoms with Crippen molar-refractivity contribution in [2.75, 3.05) is 7.05 Å². The second kappa shape index (κ2) is 8.80. The van der Waals surface area contributed by atoms with Crippen LogP contribution in [0.2, 0.25) is 0 Å². The van der Waals surface area contributed by atoms with Crippen LogP contribution in [0.5, 0.6) is 0 Å². The summed E-state index contributed by atoms with van der Waals surface area (Å²) in [6, 6.07) is 8.59. The van der Waals surface area contributed by atoms with Crippen LogP contribution < -0.4 is 10.6 Å². The van der Waals surface area contributed by atoms with Gasteiger partial charge in [-0.2, -0.15) is 5.10 Å². The fraction of sp³-hybridized carbons (Fsp3) is 0.438. The number of guanidine groups is 1. The van der Waals surface area contributed by atoms with Crippen LogP contribution in [-0.4, -0.2) is 33.8 Å². The predicted octanol–water partition coefficient (Wildman–Crippen LogP) is 2.65. The zero-order valence-electron chi connectivity index (χ0n) is 13.8. The van der Waals surface area contributed by atoms with Crippen molar-refractivity contribution in [1.29, 1.82) is 0 Å². The molecule has 0 saturated carbocycles. The number of halogens is 2. The molecule has 1 atom stereocenters. The molecule has 1 aliphatic heterocycles. The van der Waals surface area contributed by atoms with E-state index in [1.807, 2.05) is 23.7 Å². The van der Waals surface area contributed by atoms with Gasteiger partial charge in [-0.15, -0.1) is 24.0 Å². The molecule has 0 radical (unpaired) electrons. The summed E-state index contributed by atoms with van der Waals surface area (Å²) in [6.07, 6.45) is 1.99. The smallest absolute Gasteiger partial charge is 0.191 e. The van der Waals surface area contributed by atoms with Crippen molar-refractivity contribution in [2.24, 2.45) is 4.99 Å². The Balaban J connectivity index is 0.00000208. The summed E-state index contributed by atoms with van der Waals surface area (Å²) in [5, 5.41) is 11.3. The van der Waals surface area contributed by atoms with Gasteiger partial charge in [-0.25, -0.2) is 9.67 Å². The summed E-state index contributed by atoms with van der Waals surface area (Å²) < 4.78 is 3.09. The van der Waals surface area contributed by atoms with Gasteiger partial charge in [-0.1, -0.05) is 28.1 Å². The lowest BCUT2D eigenvalue weighted by molar-refractivity contribution is 0.392. The lowest BCUT2D eigenvalue weighted by Gasteiger charge is -2.25. The predicted molar refractivity (Wildman–Crippen MR) is 110 cm³/mol. The van der Waals surface area contributed by atoms with E-state index < -0.39 is 0 Å². The van der Waals surface area contributed by atoms with Crippen molar-refractivity contribution in [3.8, 4) is 0 Å². The number of aliphatic imine (C=N–C) groups is 1. The van der Waals surface area contributed by atoms with E-state index >= 15 is 0 Å². The molecule has 0 spiro atoms. The first kappa shape index (κ1) is 19.2. The van der Waals surface area contributed by atoms with Crippen LogP contribution in [0.25, 0.3) is 0 Å². The van der Waals surface area contributed by atoms with Gasteiger partial charge in [-0.3, -0.25) is 4.99 Å². The van der Waals surface area contributed by atoms with E-state index in [-0.39, 0.29) is 24.0 Å². The molecule has 130 valence electrons. The van der Waals surface area contributed by atoms with Crippen LogP contribution in [0.3, 0.4) is 0 Å². The number of nitrogens with one attached hydrogen (secondary N) is 2. The van der Waals surface area contributed by atoms with Gasteiger partial charge in [0, 0.05) is 30.5 Å². The summed E-state index contributed by atoms with van der Waals surface area (Å²) in [5.74, 6) is 2.75. The van der Waals surface area contributed by atoms with Crippen molar-refractivity contribution in [3.05, 3.63) is 46.0 Å². The average Bonchev–Trinajstić information content (AvgIpc) is 2.92. The Morgan fingerprint density at radius 1 is 1.38 bits per heavy atom. The number of nitrogens with zero attached hydrogens (tertiary/aromatic N) is 4. The highest BCUT2D eigenvalue weighted by Gasteiger charge is 2.21. The van der Waals surface area contributed by atoms with Gasteiger partial charge in [0.15, 0.2) is 5.96 Å². The van der Waals surface area contributed by atoms with E-state index in [2.05, 4.69) is 53.8 Å². The zero-order chi connectivity index (χ0) is 16.2. The Hall–Kier alpha value is -1.16. The Labute approximate surface area is 167 Å². The Morgan fingerprint density at radius 3 is 2.83 bits per heavy atom. The first-order valence-electron chi connectivity index (χ1n) is 7.76. The summed E-state index contributed by atoms with van der Waals surface area (Å²) in [4.78, 5) is 8.76. The van der Waals surface area contributed by atoms with Gasteiger partial charge in [-0.05, 0) is 31.0 Å². The third-order valence-electron chi connectivity index (χ3n) is 3.90. The third kappa shape index (κ3) is 4.92. The molecule has 0 amide bonds. The van der Waals surface area contributed by atoms with Crippen LogP contribution in [0.15, 0.2) is 33.7 Å². The number of fused-ring (bicyclic) bond motifs is 1. The van der Waals surface area contributed by atoms with E-state index in [0.717, 1.165) is 48.0 Å². The normalized spacial score (nSPS) is 17.0. The van der Waals surface area contributed by atoms with Crippen molar-refractivity contribution in [1.82, 2.24) is 25.4 Å². The lowest BCUT2D eigenvalue weighted by Crippen LogP contribution is -2.46. The molecule has 0 bridgehead atoms. The summed E-state index contributed by atoms with van der Waals surface area (Å²) in [5.41, 5.74) is 1.22. The fourth-order valence-electron chi connectivity index (χ4n) is 2.73. The molecular formula is C16H22BrIN6. The molecule has 1 aromatic heterocycles. The standard InChI is InChI=1S/C16H21BrN6.HI/c1-11-20-15-8-7-14(10-23(15)22-11)21-16(18-2)19-9-12-3-5-13(17)6-4-12;/h3-6,14H,7-10H2,1-2H3,(H2,18,19,21);1H. The summed E-state index contributed by atoms with van der Waals surface area (Å²) in [7, 11) is 1.80. The van der Waals surface area contributed by atoms with Gasteiger partial charge in [0.2, 0.25) is 0 Å². The van der Waals surface area contributed by atoms with E-state index in [4.69, 9.17) is 0 Å². The fourth-order valence-corrected chi connectivity index (χ4v) is 2.99. The number of benzene rings is 1. The highest BCUT2D eigenvalue weighted by Crippen LogP contribution is 2.13. The largest absolute Gasteiger partial charge is 0.352 e. The first-order chi connectivity index (χ1) is 11.1. The molecule has 1 aromatic carbocycles. The molecule has 2 N–H and O–H groups in total. The number of hydrogen-bond donors (Lipinski definition) is 2. The number of hydrogen-bond acceptors (Lipinski definition) is 3. The maximum Gasteiger partial charge on any atom is 0.191 e. The van der Waals surface area contributed by atoms with Crippen molar-refractivity contribution < 1.29 is 0 Å². The van der Waals surface area contributed by atoms with Crippen LogP contribution >= 0.6 is 39.9 Å². The third-order valence-corrected chi connectivity index (χ3v) is 4.43. The van der Waals surface area contributed by atoms with Gasteiger partial charge in [0.1, 0.15) is 11.6 Å². The van der Waals surface area contributed by atoms with Crippen molar-refractivity contribution >= 4 is 45.9 Å². The first-order valence-corrected chi connectivity index (χ1v) is 8.55. The van der Waals surface area contributed by atoms with Crippen LogP contribution in [0, 0.1) is 6.92 Å². The average molecular weight is 505 g/mol. The Morgan fingerprint density at radius 2 is 2.12 bits per heavy atom. The highest BCUT2D eigenvalue weighted by molar-refractivity contribution is 14.0. The maximum atomic E-state index is 4.44. The molecule has 8 heteroatoms. The molecule has 1 aliphatic rings. The zero-order valence-corrected chi connectivity index (χ0v) is 17.7. The van der Waals surface area contributed by atoms with E-state index in [1.165, 1.54) is 5.56 Å². The quantitative estimate of drug-likeness (QED) is 0.383. The summed E-state index contributed by atoms with van der Waals surface area (Å²) >= 11 is 3.45. The van der Waals surface area contributed by atoms with Crippen LogP contribution in [0.4, 0.5) is 0 Å². The van der Waals surface area contributed by atoms with Crippen molar-refractivity contribution in [3.63, 3.8) is 0 Å². The minimum Gasteiger partial charge on any atom is -0.352 e. The summed E-state index contributed by atoms with van der Waals surface area (Å²) in [6.45, 7) is 3.51. The van der Waals surface area contributed by atoms with Gasteiger partial charge in [0.25, 0.3) is 0 Å². The van der Waals surface area contributed by atoms with Crippen LogP contribution in [-0.2, 0) is 19.5 Å². The number of aryl methyl sites for hydroxylation is 2.